The molecule has 0 radical (unpaired) electrons. The van der Waals surface area contributed by atoms with Gasteiger partial charge in [0.05, 0.1) is 7.11 Å². The molecule has 1 saturated carbocycles. The zero-order chi connectivity index (χ0) is 15.5. The van der Waals surface area contributed by atoms with E-state index in [2.05, 4.69) is 26.1 Å². The minimum absolute atomic E-state index is 0.225. The molecule has 1 fully saturated rings. The molecule has 0 saturated heterocycles. The van der Waals surface area contributed by atoms with Crippen LogP contribution in [0.2, 0.25) is 0 Å². The molecule has 0 bridgehead atoms. The molecule has 2 atom stereocenters. The first kappa shape index (κ1) is 16.3. The zero-order valence-electron chi connectivity index (χ0n) is 13.7. The highest BCUT2D eigenvalue weighted by atomic mass is 19.1. The normalized spacial score (nSPS) is 22.2. The third-order valence-electron chi connectivity index (χ3n) is 4.89. The van der Waals surface area contributed by atoms with Crippen molar-refractivity contribution < 1.29 is 9.13 Å². The lowest BCUT2D eigenvalue weighted by molar-refractivity contribution is 0.197. The molecule has 0 amide bonds. The SMILES string of the molecule is CCCNC(c1ccc(OC)c(F)c1)C1CCCC1(C)C. The molecule has 0 spiro atoms. The molecule has 21 heavy (non-hydrogen) atoms. The van der Waals surface area contributed by atoms with Gasteiger partial charge in [-0.05, 0) is 54.8 Å². The largest absolute Gasteiger partial charge is 0.494 e. The van der Waals surface area contributed by atoms with Gasteiger partial charge in [-0.1, -0.05) is 33.3 Å². The van der Waals surface area contributed by atoms with Crippen molar-refractivity contribution in [2.75, 3.05) is 13.7 Å². The summed E-state index contributed by atoms with van der Waals surface area (Å²) in [6, 6.07) is 5.61. The molecule has 0 aliphatic heterocycles. The minimum atomic E-state index is -0.269. The molecule has 0 heterocycles. The number of benzene rings is 1. The van der Waals surface area contributed by atoms with E-state index in [1.807, 2.05) is 6.07 Å². The summed E-state index contributed by atoms with van der Waals surface area (Å²) in [5.74, 6) is 0.602. The fourth-order valence-corrected chi connectivity index (χ4v) is 3.64. The minimum Gasteiger partial charge on any atom is -0.494 e. The summed E-state index contributed by atoms with van der Waals surface area (Å²) in [5, 5.41) is 3.64. The summed E-state index contributed by atoms with van der Waals surface area (Å²) in [7, 11) is 1.50. The molecule has 1 aromatic carbocycles. The Morgan fingerprint density at radius 3 is 2.71 bits per heavy atom. The Morgan fingerprint density at radius 2 is 2.19 bits per heavy atom. The zero-order valence-corrected chi connectivity index (χ0v) is 13.7. The molecule has 118 valence electrons. The quantitative estimate of drug-likeness (QED) is 0.820. The summed E-state index contributed by atoms with van der Waals surface area (Å²) in [6.45, 7) is 7.81. The lowest BCUT2D eigenvalue weighted by atomic mass is 9.75. The van der Waals surface area contributed by atoms with Gasteiger partial charge in [0, 0.05) is 6.04 Å². The predicted octanol–water partition coefficient (Wildman–Crippen LogP) is 4.70. The summed E-state index contributed by atoms with van der Waals surface area (Å²) < 4.78 is 19.1. The fraction of sp³-hybridized carbons (Fsp3) is 0.667. The lowest BCUT2D eigenvalue weighted by Crippen LogP contribution is -2.34. The number of halogens is 1. The second-order valence-electron chi connectivity index (χ2n) is 6.81. The number of rotatable bonds is 6. The van der Waals surface area contributed by atoms with Gasteiger partial charge in [0.15, 0.2) is 11.6 Å². The average molecular weight is 293 g/mol. The Labute approximate surface area is 128 Å². The van der Waals surface area contributed by atoms with Crippen LogP contribution in [0.25, 0.3) is 0 Å². The lowest BCUT2D eigenvalue weighted by Gasteiger charge is -2.35. The molecule has 2 nitrogen and oxygen atoms in total. The summed E-state index contributed by atoms with van der Waals surface area (Å²) in [4.78, 5) is 0. The highest BCUT2D eigenvalue weighted by molar-refractivity contribution is 5.31. The van der Waals surface area contributed by atoms with Gasteiger partial charge in [0.1, 0.15) is 0 Å². The van der Waals surface area contributed by atoms with Crippen molar-refractivity contribution in [1.29, 1.82) is 0 Å². The maximum Gasteiger partial charge on any atom is 0.165 e. The van der Waals surface area contributed by atoms with Crippen LogP contribution in [0.1, 0.15) is 58.1 Å². The molecule has 2 rings (SSSR count). The van der Waals surface area contributed by atoms with E-state index < -0.39 is 0 Å². The van der Waals surface area contributed by atoms with E-state index in [4.69, 9.17) is 4.74 Å². The van der Waals surface area contributed by atoms with Gasteiger partial charge in [-0.3, -0.25) is 0 Å². The molecular formula is C18H28FNO. The molecule has 1 aliphatic carbocycles. The van der Waals surface area contributed by atoms with Gasteiger partial charge >= 0.3 is 0 Å². The van der Waals surface area contributed by atoms with Crippen LogP contribution >= 0.6 is 0 Å². The van der Waals surface area contributed by atoms with Crippen LogP contribution in [-0.4, -0.2) is 13.7 Å². The van der Waals surface area contributed by atoms with E-state index in [9.17, 15) is 4.39 Å². The number of ether oxygens (including phenoxy) is 1. The van der Waals surface area contributed by atoms with Crippen LogP contribution in [0, 0.1) is 17.2 Å². The van der Waals surface area contributed by atoms with E-state index in [-0.39, 0.29) is 11.9 Å². The van der Waals surface area contributed by atoms with Crippen molar-refractivity contribution >= 4 is 0 Å². The standard InChI is InChI=1S/C18H28FNO/c1-5-11-20-17(14-7-6-10-18(14,2)3)13-8-9-16(21-4)15(19)12-13/h8-9,12,14,17,20H,5-7,10-11H2,1-4H3. The van der Waals surface area contributed by atoms with Crippen molar-refractivity contribution in [1.82, 2.24) is 5.32 Å². The van der Waals surface area contributed by atoms with Crippen LogP contribution < -0.4 is 10.1 Å². The van der Waals surface area contributed by atoms with Crippen molar-refractivity contribution in [3.8, 4) is 5.75 Å². The van der Waals surface area contributed by atoms with Crippen LogP contribution in [-0.2, 0) is 0 Å². The Balaban J connectivity index is 2.29. The summed E-state index contributed by atoms with van der Waals surface area (Å²) in [6.07, 6.45) is 4.81. The number of hydrogen-bond acceptors (Lipinski definition) is 2. The van der Waals surface area contributed by atoms with Crippen LogP contribution in [0.4, 0.5) is 4.39 Å². The van der Waals surface area contributed by atoms with Gasteiger partial charge in [0.25, 0.3) is 0 Å². The smallest absolute Gasteiger partial charge is 0.165 e. The van der Waals surface area contributed by atoms with E-state index in [1.165, 1.54) is 26.4 Å². The third kappa shape index (κ3) is 3.57. The van der Waals surface area contributed by atoms with Gasteiger partial charge in [0.2, 0.25) is 0 Å². The highest BCUT2D eigenvalue weighted by Gasteiger charge is 2.40. The maximum atomic E-state index is 14.1. The second kappa shape index (κ2) is 6.78. The number of methoxy groups -OCH3 is 1. The fourth-order valence-electron chi connectivity index (χ4n) is 3.64. The van der Waals surface area contributed by atoms with E-state index >= 15 is 0 Å². The Hall–Kier alpha value is -1.09. The summed E-state index contributed by atoms with van der Waals surface area (Å²) >= 11 is 0. The van der Waals surface area contributed by atoms with Crippen LogP contribution in [0.3, 0.4) is 0 Å². The topological polar surface area (TPSA) is 21.3 Å². The molecule has 1 aromatic rings. The van der Waals surface area contributed by atoms with E-state index in [1.54, 1.807) is 12.1 Å². The highest BCUT2D eigenvalue weighted by Crippen LogP contribution is 2.48. The van der Waals surface area contributed by atoms with Gasteiger partial charge in [-0.25, -0.2) is 4.39 Å². The number of nitrogens with one attached hydrogen (secondary N) is 1. The predicted molar refractivity (Wildman–Crippen MR) is 85.1 cm³/mol. The Bertz CT molecular complexity index is 472. The third-order valence-corrected chi connectivity index (χ3v) is 4.89. The Kier molecular flexibility index (Phi) is 5.26. The van der Waals surface area contributed by atoms with Crippen molar-refractivity contribution in [2.24, 2.45) is 11.3 Å². The molecule has 1 N–H and O–H groups in total. The molecule has 3 heteroatoms. The molecule has 2 unspecified atom stereocenters. The molecule has 1 aliphatic rings. The van der Waals surface area contributed by atoms with Crippen molar-refractivity contribution in [3.05, 3.63) is 29.6 Å². The van der Waals surface area contributed by atoms with Gasteiger partial charge < -0.3 is 10.1 Å². The van der Waals surface area contributed by atoms with E-state index in [0.29, 0.717) is 17.1 Å². The van der Waals surface area contributed by atoms with Crippen molar-refractivity contribution in [2.45, 2.75) is 52.5 Å². The number of hydrogen-bond donors (Lipinski definition) is 1. The average Bonchev–Trinajstić information content (AvgIpc) is 2.79. The first-order chi connectivity index (χ1) is 9.99. The molecule has 0 aromatic heterocycles. The maximum absolute atomic E-state index is 14.1. The first-order valence-corrected chi connectivity index (χ1v) is 8.06. The van der Waals surface area contributed by atoms with Crippen LogP contribution in [0.15, 0.2) is 18.2 Å². The first-order valence-electron chi connectivity index (χ1n) is 8.06. The van der Waals surface area contributed by atoms with Gasteiger partial charge in [-0.15, -0.1) is 0 Å². The summed E-state index contributed by atoms with van der Waals surface area (Å²) in [5.41, 5.74) is 1.35. The van der Waals surface area contributed by atoms with E-state index in [0.717, 1.165) is 18.5 Å². The van der Waals surface area contributed by atoms with Crippen LogP contribution in [0.5, 0.6) is 5.75 Å². The van der Waals surface area contributed by atoms with Gasteiger partial charge in [-0.2, -0.15) is 0 Å². The second-order valence-corrected chi connectivity index (χ2v) is 6.81. The monoisotopic (exact) mass is 293 g/mol. The molecular weight excluding hydrogens is 265 g/mol. The Morgan fingerprint density at radius 1 is 1.43 bits per heavy atom. The van der Waals surface area contributed by atoms with Crippen molar-refractivity contribution in [3.63, 3.8) is 0 Å².